The zero-order valence-electron chi connectivity index (χ0n) is 20.0. The summed E-state index contributed by atoms with van der Waals surface area (Å²) < 4.78 is 236. The number of rotatable bonds is 5. The van der Waals surface area contributed by atoms with Crippen molar-refractivity contribution in [2.75, 3.05) is 11.5 Å². The van der Waals surface area contributed by atoms with Crippen LogP contribution in [0.2, 0.25) is 0 Å². The molecule has 4 aromatic rings. The fraction of sp³-hybridized carbons (Fsp3) is 0. The van der Waals surface area contributed by atoms with E-state index in [0.29, 0.717) is 0 Å². The van der Waals surface area contributed by atoms with Crippen molar-refractivity contribution in [3.8, 4) is 34.1 Å². The monoisotopic (exact) mass is 656 g/mol. The van der Waals surface area contributed by atoms with Crippen LogP contribution >= 0.6 is 0 Å². The average Bonchev–Trinajstić information content (AvgIpc) is 2.99. The molecule has 0 heterocycles. The van der Waals surface area contributed by atoms with Crippen molar-refractivity contribution in [1.29, 1.82) is 0 Å². The van der Waals surface area contributed by atoms with Gasteiger partial charge in [-0.15, -0.1) is 0 Å². The summed E-state index contributed by atoms with van der Waals surface area (Å²) in [6.45, 7) is 0. The third-order valence-corrected chi connectivity index (χ3v) is 5.62. The topological polar surface area (TPSA) is 70.5 Å². The number of nitrogen functional groups attached to an aromatic ring is 2. The van der Waals surface area contributed by atoms with Gasteiger partial charge < -0.3 is 20.9 Å². The van der Waals surface area contributed by atoms with Crippen molar-refractivity contribution in [2.24, 2.45) is 0 Å². The number of hydrogen-bond acceptors (Lipinski definition) is 4. The maximum absolute atomic E-state index is 14.8. The van der Waals surface area contributed by atoms with E-state index >= 15 is 0 Å². The molecule has 4 nitrogen and oxygen atoms in total. The van der Waals surface area contributed by atoms with Gasteiger partial charge in [0, 0.05) is 0 Å². The first-order valence-electron chi connectivity index (χ1n) is 10.7. The number of halogens is 16. The van der Waals surface area contributed by atoms with Crippen molar-refractivity contribution in [1.82, 2.24) is 0 Å². The van der Waals surface area contributed by atoms with Crippen molar-refractivity contribution in [2.45, 2.75) is 0 Å². The Morgan fingerprint density at radius 3 is 0.591 bits per heavy atom. The van der Waals surface area contributed by atoms with E-state index in [9.17, 15) is 70.2 Å². The lowest BCUT2D eigenvalue weighted by atomic mass is 10.0. The van der Waals surface area contributed by atoms with Crippen molar-refractivity contribution in [3.05, 3.63) is 93.1 Å². The highest BCUT2D eigenvalue weighted by molar-refractivity contribution is 5.70. The Hall–Kier alpha value is -5.04. The minimum atomic E-state index is -3.01. The standard InChI is InChI=1S/C24H4F16N2O2/c25-3-1(4(26)12(34)21(11(3)33)43-23-15(37)7(29)19(41)8(30)16(23)38)2-5(27)13(35)22(14(36)6(2)28)44-24-17(39)9(31)20(42)10(32)18(24)40/h41-42H2. The van der Waals surface area contributed by atoms with Crippen LogP contribution in [0.3, 0.4) is 0 Å². The van der Waals surface area contributed by atoms with E-state index in [-0.39, 0.29) is 0 Å². The van der Waals surface area contributed by atoms with Gasteiger partial charge in [0.1, 0.15) is 11.4 Å². The number of benzene rings is 4. The highest BCUT2D eigenvalue weighted by atomic mass is 19.2. The molecule has 0 aliphatic carbocycles. The Morgan fingerprint density at radius 1 is 0.250 bits per heavy atom. The fourth-order valence-electron chi connectivity index (χ4n) is 3.48. The average molecular weight is 656 g/mol. The minimum absolute atomic E-state index is 1.81. The van der Waals surface area contributed by atoms with Gasteiger partial charge in [-0.25, -0.2) is 35.1 Å². The molecular formula is C24H4F16N2O2. The molecule has 0 aliphatic heterocycles. The van der Waals surface area contributed by atoms with Crippen molar-refractivity contribution >= 4 is 11.4 Å². The molecule has 4 aromatic carbocycles. The molecule has 0 atom stereocenters. The van der Waals surface area contributed by atoms with Crippen LogP contribution < -0.4 is 20.9 Å². The summed E-state index contributed by atoms with van der Waals surface area (Å²) in [7, 11) is 0. The van der Waals surface area contributed by atoms with Gasteiger partial charge in [-0.2, -0.15) is 35.1 Å². The van der Waals surface area contributed by atoms with Crippen LogP contribution in [0.4, 0.5) is 81.6 Å². The predicted molar refractivity (Wildman–Crippen MR) is 113 cm³/mol. The van der Waals surface area contributed by atoms with Crippen LogP contribution in [0.5, 0.6) is 23.0 Å². The van der Waals surface area contributed by atoms with Gasteiger partial charge in [-0.3, -0.25) is 0 Å². The van der Waals surface area contributed by atoms with Crippen LogP contribution in [-0.4, -0.2) is 0 Å². The summed E-state index contributed by atoms with van der Waals surface area (Å²) in [6, 6.07) is 0. The van der Waals surface area contributed by atoms with E-state index in [1.165, 1.54) is 0 Å². The molecule has 44 heavy (non-hydrogen) atoms. The first-order chi connectivity index (χ1) is 20.4. The third kappa shape index (κ3) is 4.51. The quantitative estimate of drug-likeness (QED) is 0.129. The Labute approximate surface area is 230 Å². The second kappa shape index (κ2) is 10.9. The van der Waals surface area contributed by atoms with Gasteiger partial charge in [-0.05, 0) is 0 Å². The summed E-state index contributed by atoms with van der Waals surface area (Å²) in [6.07, 6.45) is 0. The molecular weight excluding hydrogens is 652 g/mol. The van der Waals surface area contributed by atoms with E-state index in [1.54, 1.807) is 0 Å². The Morgan fingerprint density at radius 2 is 0.409 bits per heavy atom. The number of nitrogens with two attached hydrogens (primary N) is 2. The van der Waals surface area contributed by atoms with E-state index in [1.807, 2.05) is 0 Å². The second-order valence-corrected chi connectivity index (χ2v) is 8.12. The smallest absolute Gasteiger partial charge is 0.206 e. The van der Waals surface area contributed by atoms with Gasteiger partial charge in [0.05, 0.1) is 11.1 Å². The molecule has 0 unspecified atom stereocenters. The number of ether oxygens (including phenoxy) is 2. The van der Waals surface area contributed by atoms with Crippen LogP contribution in [-0.2, 0) is 0 Å². The molecule has 4 N–H and O–H groups in total. The van der Waals surface area contributed by atoms with E-state index < -0.39 is 139 Å². The minimum Gasteiger partial charge on any atom is -0.444 e. The van der Waals surface area contributed by atoms with Crippen molar-refractivity contribution < 1.29 is 79.7 Å². The highest BCUT2D eigenvalue weighted by Crippen LogP contribution is 2.45. The normalized spacial score (nSPS) is 11.4. The Bertz CT molecular complexity index is 1660. The zero-order valence-corrected chi connectivity index (χ0v) is 20.0. The van der Waals surface area contributed by atoms with Crippen LogP contribution in [0.25, 0.3) is 11.1 Å². The summed E-state index contributed by atoms with van der Waals surface area (Å²) in [4.78, 5) is 0. The maximum Gasteiger partial charge on any atom is 0.206 e. The van der Waals surface area contributed by atoms with Crippen LogP contribution in [0, 0.1) is 93.1 Å². The third-order valence-electron chi connectivity index (χ3n) is 5.62. The molecule has 0 fully saturated rings. The molecule has 0 spiro atoms. The van der Waals surface area contributed by atoms with Gasteiger partial charge in [0.25, 0.3) is 0 Å². The van der Waals surface area contributed by atoms with Crippen molar-refractivity contribution in [3.63, 3.8) is 0 Å². The first kappa shape index (κ1) is 31.9. The largest absolute Gasteiger partial charge is 0.444 e. The summed E-state index contributed by atoms with van der Waals surface area (Å²) in [5.41, 5.74) is 0.536. The number of hydrogen-bond donors (Lipinski definition) is 2. The molecule has 0 radical (unpaired) electrons. The lowest BCUT2D eigenvalue weighted by molar-refractivity contribution is 0.323. The zero-order chi connectivity index (χ0) is 33.3. The van der Waals surface area contributed by atoms with Gasteiger partial charge >= 0.3 is 0 Å². The molecule has 234 valence electrons. The Kier molecular flexibility index (Phi) is 7.90. The second-order valence-electron chi connectivity index (χ2n) is 8.12. The summed E-state index contributed by atoms with van der Waals surface area (Å²) in [5, 5.41) is 0. The SMILES string of the molecule is Nc1c(F)c(F)c(Oc2c(F)c(F)c(-c3c(F)c(F)c(Oc4c(F)c(F)c(N)c(F)c4F)c(F)c3F)c(F)c2F)c(F)c1F. The molecule has 0 bridgehead atoms. The fourth-order valence-corrected chi connectivity index (χ4v) is 3.48. The molecule has 4 rings (SSSR count). The lowest BCUT2D eigenvalue weighted by Crippen LogP contribution is -2.11. The van der Waals surface area contributed by atoms with E-state index in [4.69, 9.17) is 11.5 Å². The van der Waals surface area contributed by atoms with Gasteiger partial charge in [0.15, 0.2) is 46.5 Å². The van der Waals surface area contributed by atoms with Gasteiger partial charge in [-0.1, -0.05) is 0 Å². The Balaban J connectivity index is 1.92. The van der Waals surface area contributed by atoms with E-state index in [2.05, 4.69) is 9.47 Å². The molecule has 20 heteroatoms. The van der Waals surface area contributed by atoms with Crippen LogP contribution in [0.15, 0.2) is 0 Å². The van der Waals surface area contributed by atoms with E-state index in [0.717, 1.165) is 0 Å². The molecule has 0 aromatic heterocycles. The first-order valence-corrected chi connectivity index (χ1v) is 10.7. The highest BCUT2D eigenvalue weighted by Gasteiger charge is 2.38. The molecule has 0 aliphatic rings. The maximum atomic E-state index is 14.8. The molecule has 0 amide bonds. The lowest BCUT2D eigenvalue weighted by Gasteiger charge is -2.17. The predicted octanol–water partition coefficient (Wildman–Crippen LogP) is 8.33. The molecule has 0 saturated carbocycles. The molecule has 0 saturated heterocycles. The summed E-state index contributed by atoms with van der Waals surface area (Å²) >= 11 is 0. The van der Waals surface area contributed by atoms with Crippen LogP contribution in [0.1, 0.15) is 0 Å². The number of anilines is 2. The van der Waals surface area contributed by atoms with Gasteiger partial charge in [0.2, 0.25) is 69.5 Å². The summed E-state index contributed by atoms with van der Waals surface area (Å²) in [5.74, 6) is -53.7.